The zero-order valence-corrected chi connectivity index (χ0v) is 16.6. The number of nitrogens with one attached hydrogen (secondary N) is 2. The van der Waals surface area contributed by atoms with Gasteiger partial charge in [0, 0.05) is 15.4 Å². The molecule has 3 rings (SSSR count). The van der Waals surface area contributed by atoms with Crippen molar-refractivity contribution < 1.29 is 4.79 Å². The topological polar surface area (TPSA) is 54.0 Å². The maximum atomic E-state index is 12.3. The van der Waals surface area contributed by atoms with E-state index in [2.05, 4.69) is 31.5 Å². The van der Waals surface area contributed by atoms with Gasteiger partial charge in [0.2, 0.25) is 5.91 Å². The van der Waals surface area contributed by atoms with E-state index in [4.69, 9.17) is 0 Å². The first-order valence-corrected chi connectivity index (χ1v) is 9.56. The molecular weight excluding hydrogens is 410 g/mol. The quantitative estimate of drug-likeness (QED) is 0.760. The lowest BCUT2D eigenvalue weighted by Crippen LogP contribution is -2.47. The third-order valence-electron chi connectivity index (χ3n) is 4.02. The Bertz CT molecular complexity index is 671. The number of rotatable bonds is 4. The molecule has 2 aromatic rings. The molecule has 1 aromatic carbocycles. The Kier molecular flexibility index (Phi) is 7.22. The summed E-state index contributed by atoms with van der Waals surface area (Å²) in [6.07, 6.45) is 3.19. The van der Waals surface area contributed by atoms with Gasteiger partial charge < -0.3 is 10.6 Å². The average Bonchev–Trinajstić information content (AvgIpc) is 3.06. The second kappa shape index (κ2) is 8.94. The van der Waals surface area contributed by atoms with Crippen LogP contribution in [-0.2, 0) is 4.79 Å². The molecule has 130 valence electrons. The number of hydrogen-bond acceptors (Lipinski definition) is 4. The maximum Gasteiger partial charge on any atom is 0.237 e. The van der Waals surface area contributed by atoms with Crippen LogP contribution in [0, 0.1) is 0 Å². The lowest BCUT2D eigenvalue weighted by molar-refractivity contribution is -0.124. The third kappa shape index (κ3) is 4.79. The van der Waals surface area contributed by atoms with Gasteiger partial charge in [-0.3, -0.25) is 4.79 Å². The van der Waals surface area contributed by atoms with E-state index in [-0.39, 0.29) is 30.4 Å². The molecule has 2 N–H and O–H groups in total. The summed E-state index contributed by atoms with van der Waals surface area (Å²) in [7, 11) is 0. The van der Waals surface area contributed by atoms with E-state index < -0.39 is 0 Å². The Morgan fingerprint density at radius 3 is 2.79 bits per heavy atom. The highest BCUT2D eigenvalue weighted by molar-refractivity contribution is 9.10. The first-order valence-electron chi connectivity index (χ1n) is 7.88. The number of nitrogens with zero attached hydrogens (tertiary/aromatic N) is 1. The van der Waals surface area contributed by atoms with Crippen molar-refractivity contribution in [1.29, 1.82) is 0 Å². The van der Waals surface area contributed by atoms with Gasteiger partial charge in [-0.05, 0) is 38.4 Å². The minimum absolute atomic E-state index is 0. The molecule has 4 nitrogen and oxygen atoms in total. The summed E-state index contributed by atoms with van der Waals surface area (Å²) in [4.78, 5) is 17.0. The Balaban J connectivity index is 0.00000208. The number of hydrogen-bond donors (Lipinski definition) is 2. The zero-order chi connectivity index (χ0) is 16.2. The molecule has 2 unspecified atom stereocenters. The Morgan fingerprint density at radius 1 is 1.38 bits per heavy atom. The van der Waals surface area contributed by atoms with Crippen molar-refractivity contribution in [1.82, 2.24) is 15.6 Å². The Hall–Kier alpha value is -0.950. The number of benzene rings is 1. The van der Waals surface area contributed by atoms with Crippen molar-refractivity contribution in [2.75, 3.05) is 6.54 Å². The summed E-state index contributed by atoms with van der Waals surface area (Å²) in [5, 5.41) is 9.34. The van der Waals surface area contributed by atoms with E-state index >= 15 is 0 Å². The minimum Gasteiger partial charge on any atom is -0.346 e. The first kappa shape index (κ1) is 19.4. The van der Waals surface area contributed by atoms with Crippen LogP contribution in [0.1, 0.15) is 37.2 Å². The van der Waals surface area contributed by atoms with Crippen molar-refractivity contribution in [3.63, 3.8) is 0 Å². The maximum absolute atomic E-state index is 12.3. The molecule has 24 heavy (non-hydrogen) atoms. The van der Waals surface area contributed by atoms with Crippen LogP contribution in [-0.4, -0.2) is 23.5 Å². The predicted octanol–water partition coefficient (Wildman–Crippen LogP) is 4.31. The second-order valence-electron chi connectivity index (χ2n) is 5.81. The summed E-state index contributed by atoms with van der Waals surface area (Å²) in [5.41, 5.74) is 2.04. The van der Waals surface area contributed by atoms with Gasteiger partial charge in [0.05, 0.1) is 17.8 Å². The lowest BCUT2D eigenvalue weighted by Gasteiger charge is -2.24. The number of amides is 1. The molecule has 0 bridgehead atoms. The average molecular weight is 431 g/mol. The zero-order valence-electron chi connectivity index (χ0n) is 13.4. The third-order valence-corrected chi connectivity index (χ3v) is 5.57. The molecule has 2 heterocycles. The van der Waals surface area contributed by atoms with Crippen LogP contribution in [0.25, 0.3) is 11.3 Å². The standard InChI is InChI=1S/C17H20BrN3OS.ClH/c1-11(20-16(22)14-4-2-3-9-19-14)17-21-15(10-23-17)12-5-7-13(18)8-6-12;/h5-8,10-11,14,19H,2-4,9H2,1H3,(H,20,22);1H. The molecule has 0 spiro atoms. The van der Waals surface area contributed by atoms with E-state index in [1.54, 1.807) is 11.3 Å². The van der Waals surface area contributed by atoms with E-state index in [0.29, 0.717) is 0 Å². The first-order chi connectivity index (χ1) is 11.1. The van der Waals surface area contributed by atoms with Crippen LogP contribution in [0.5, 0.6) is 0 Å². The summed E-state index contributed by atoms with van der Waals surface area (Å²) in [6, 6.07) is 7.97. The van der Waals surface area contributed by atoms with Crippen molar-refractivity contribution in [2.45, 2.75) is 38.3 Å². The van der Waals surface area contributed by atoms with Crippen LogP contribution in [0.2, 0.25) is 0 Å². The molecule has 1 saturated heterocycles. The lowest BCUT2D eigenvalue weighted by atomic mass is 10.0. The van der Waals surface area contributed by atoms with Crippen LogP contribution in [0.15, 0.2) is 34.1 Å². The highest BCUT2D eigenvalue weighted by Gasteiger charge is 2.23. The SMILES string of the molecule is CC(NC(=O)C1CCCCN1)c1nc(-c2ccc(Br)cc2)cs1.Cl. The number of carbonyl (C=O) groups is 1. The second-order valence-corrected chi connectivity index (χ2v) is 7.62. The molecule has 0 aliphatic carbocycles. The van der Waals surface area contributed by atoms with Crippen molar-refractivity contribution in [3.8, 4) is 11.3 Å². The number of aromatic nitrogens is 1. The van der Waals surface area contributed by atoms with Gasteiger partial charge in [0.15, 0.2) is 0 Å². The Labute approximate surface area is 161 Å². The van der Waals surface area contributed by atoms with Gasteiger partial charge in [0.1, 0.15) is 5.01 Å². The van der Waals surface area contributed by atoms with E-state index in [9.17, 15) is 4.79 Å². The van der Waals surface area contributed by atoms with E-state index in [0.717, 1.165) is 46.5 Å². The molecule has 7 heteroatoms. The summed E-state index contributed by atoms with van der Waals surface area (Å²) in [6.45, 7) is 2.92. The normalized spacial score (nSPS) is 18.5. The van der Waals surface area contributed by atoms with Crippen molar-refractivity contribution in [2.24, 2.45) is 0 Å². The van der Waals surface area contributed by atoms with Crippen LogP contribution < -0.4 is 10.6 Å². The van der Waals surface area contributed by atoms with Crippen LogP contribution in [0.4, 0.5) is 0 Å². The van der Waals surface area contributed by atoms with E-state index in [1.165, 1.54) is 0 Å². The fourth-order valence-corrected chi connectivity index (χ4v) is 3.79. The fraction of sp³-hybridized carbons (Fsp3) is 0.412. The van der Waals surface area contributed by atoms with Gasteiger partial charge in [0.25, 0.3) is 0 Å². The van der Waals surface area contributed by atoms with Gasteiger partial charge in [-0.1, -0.05) is 34.5 Å². The highest BCUT2D eigenvalue weighted by atomic mass is 79.9. The van der Waals surface area contributed by atoms with Gasteiger partial charge >= 0.3 is 0 Å². The van der Waals surface area contributed by atoms with Crippen LogP contribution >= 0.6 is 39.7 Å². The predicted molar refractivity (Wildman–Crippen MR) is 105 cm³/mol. The molecular formula is C17H21BrClN3OS. The molecule has 1 aliphatic rings. The molecule has 1 fully saturated rings. The summed E-state index contributed by atoms with van der Waals surface area (Å²) < 4.78 is 1.05. The fourth-order valence-electron chi connectivity index (χ4n) is 2.69. The number of piperidine rings is 1. The van der Waals surface area contributed by atoms with Crippen molar-refractivity contribution in [3.05, 3.63) is 39.1 Å². The number of halogens is 2. The van der Waals surface area contributed by atoms with Crippen LogP contribution in [0.3, 0.4) is 0 Å². The van der Waals surface area contributed by atoms with Gasteiger partial charge in [-0.15, -0.1) is 23.7 Å². The molecule has 1 aromatic heterocycles. The molecule has 0 saturated carbocycles. The molecule has 1 aliphatic heterocycles. The Morgan fingerprint density at radius 2 is 2.12 bits per heavy atom. The molecule has 0 radical (unpaired) electrons. The van der Waals surface area contributed by atoms with Gasteiger partial charge in [-0.25, -0.2) is 4.98 Å². The van der Waals surface area contributed by atoms with E-state index in [1.807, 2.05) is 36.6 Å². The number of carbonyl (C=O) groups excluding carboxylic acids is 1. The van der Waals surface area contributed by atoms with Gasteiger partial charge in [-0.2, -0.15) is 0 Å². The monoisotopic (exact) mass is 429 g/mol. The van der Waals surface area contributed by atoms with Crippen molar-refractivity contribution >= 4 is 45.6 Å². The number of thiazole rings is 1. The minimum atomic E-state index is -0.0691. The smallest absolute Gasteiger partial charge is 0.237 e. The largest absolute Gasteiger partial charge is 0.346 e. The highest BCUT2D eigenvalue weighted by Crippen LogP contribution is 2.26. The molecule has 2 atom stereocenters. The molecule has 1 amide bonds. The summed E-state index contributed by atoms with van der Waals surface area (Å²) >= 11 is 5.03. The summed E-state index contributed by atoms with van der Waals surface area (Å²) in [5.74, 6) is 0.0811.